The third-order valence-electron chi connectivity index (χ3n) is 3.04. The van der Waals surface area contributed by atoms with Crippen LogP contribution in [0.2, 0.25) is 0 Å². The molecule has 24 heavy (non-hydrogen) atoms. The zero-order valence-electron chi connectivity index (χ0n) is 13.7. The Morgan fingerprint density at radius 3 is 2.50 bits per heavy atom. The summed E-state index contributed by atoms with van der Waals surface area (Å²) in [7, 11) is 0. The van der Waals surface area contributed by atoms with Crippen molar-refractivity contribution in [2.45, 2.75) is 19.9 Å². The summed E-state index contributed by atoms with van der Waals surface area (Å²) >= 11 is 1.11. The average molecular weight is 354 g/mol. The number of hydrogen-bond acceptors (Lipinski definition) is 5. The highest BCUT2D eigenvalue weighted by molar-refractivity contribution is 8.13. The summed E-state index contributed by atoms with van der Waals surface area (Å²) in [6, 6.07) is 7.70. The van der Waals surface area contributed by atoms with Crippen LogP contribution in [0.3, 0.4) is 0 Å². The van der Waals surface area contributed by atoms with Crippen LogP contribution in [0, 0.1) is 0 Å². The summed E-state index contributed by atoms with van der Waals surface area (Å²) in [6.07, 6.45) is 0. The number of hydrogen-bond donors (Lipinski definition) is 2. The van der Waals surface area contributed by atoms with E-state index in [9.17, 15) is 14.4 Å². The van der Waals surface area contributed by atoms with Crippen molar-refractivity contribution in [3.05, 3.63) is 30.3 Å². The molecule has 0 bridgehead atoms. The molecule has 0 aliphatic heterocycles. The van der Waals surface area contributed by atoms with Gasteiger partial charge in [0.05, 0.1) is 6.54 Å². The fourth-order valence-electron chi connectivity index (χ4n) is 1.74. The Balaban J connectivity index is 2.54. The molecule has 2 amide bonds. The summed E-state index contributed by atoms with van der Waals surface area (Å²) in [6.45, 7) is 3.72. The molecule has 0 saturated heterocycles. The van der Waals surface area contributed by atoms with Crippen molar-refractivity contribution < 1.29 is 24.2 Å². The molecule has 2 N–H and O–H groups in total. The van der Waals surface area contributed by atoms with Crippen LogP contribution in [0.15, 0.2) is 30.3 Å². The number of rotatable bonds is 9. The Kier molecular flexibility index (Phi) is 8.70. The lowest BCUT2D eigenvalue weighted by Gasteiger charge is -2.24. The standard InChI is InChI=1S/C16H22N2O5S/c1-12(15(20)21)17-16(22)18(9-11-24-13(2)19)8-10-23-14-6-4-3-5-7-14/h3-7,12H,8-11H2,1-2H3,(H,17,22)(H,20,21)/t12-/m0/s1. The van der Waals surface area contributed by atoms with Crippen LogP contribution >= 0.6 is 11.8 Å². The summed E-state index contributed by atoms with van der Waals surface area (Å²) in [5.41, 5.74) is 0. The first kappa shape index (κ1) is 19.8. The van der Waals surface area contributed by atoms with Crippen LogP contribution in [0.1, 0.15) is 13.8 Å². The molecule has 132 valence electrons. The van der Waals surface area contributed by atoms with Gasteiger partial charge in [0.1, 0.15) is 18.4 Å². The molecule has 8 heteroatoms. The molecule has 0 fully saturated rings. The maximum Gasteiger partial charge on any atom is 0.325 e. The van der Waals surface area contributed by atoms with Gasteiger partial charge >= 0.3 is 12.0 Å². The Hall–Kier alpha value is -2.22. The number of nitrogens with one attached hydrogen (secondary N) is 1. The van der Waals surface area contributed by atoms with E-state index in [4.69, 9.17) is 9.84 Å². The molecule has 0 radical (unpaired) electrons. The highest BCUT2D eigenvalue weighted by atomic mass is 32.2. The largest absolute Gasteiger partial charge is 0.492 e. The van der Waals surface area contributed by atoms with Crippen molar-refractivity contribution >= 4 is 28.9 Å². The Bertz CT molecular complexity index is 553. The molecule has 0 aromatic heterocycles. The molecule has 0 aliphatic carbocycles. The Labute approximate surface area is 145 Å². The fourth-order valence-corrected chi connectivity index (χ4v) is 2.34. The SMILES string of the molecule is CC(=O)SCCN(CCOc1ccccc1)C(=O)N[C@@H](C)C(=O)O. The van der Waals surface area contributed by atoms with E-state index in [1.165, 1.54) is 18.7 Å². The lowest BCUT2D eigenvalue weighted by atomic mass is 10.3. The number of thioether (sulfide) groups is 1. The van der Waals surface area contributed by atoms with Gasteiger partial charge in [-0.2, -0.15) is 0 Å². The van der Waals surface area contributed by atoms with E-state index in [-0.39, 0.29) is 18.3 Å². The quantitative estimate of drug-likeness (QED) is 0.702. The van der Waals surface area contributed by atoms with E-state index in [1.807, 2.05) is 30.3 Å². The van der Waals surface area contributed by atoms with Gasteiger partial charge < -0.3 is 20.1 Å². The maximum atomic E-state index is 12.2. The number of amides is 2. The van der Waals surface area contributed by atoms with Crippen LogP contribution < -0.4 is 10.1 Å². The van der Waals surface area contributed by atoms with Crippen molar-refractivity contribution in [2.24, 2.45) is 0 Å². The minimum Gasteiger partial charge on any atom is -0.492 e. The number of aliphatic carboxylic acids is 1. The molecule has 1 atom stereocenters. The van der Waals surface area contributed by atoms with Crippen LogP contribution in [0.5, 0.6) is 5.75 Å². The molecule has 0 spiro atoms. The van der Waals surface area contributed by atoms with Crippen LogP contribution in [0.25, 0.3) is 0 Å². The molecular weight excluding hydrogens is 332 g/mol. The number of urea groups is 1. The number of para-hydroxylation sites is 1. The first-order chi connectivity index (χ1) is 11.4. The maximum absolute atomic E-state index is 12.2. The minimum absolute atomic E-state index is 0.0326. The average Bonchev–Trinajstić information content (AvgIpc) is 2.53. The second-order valence-corrected chi connectivity index (χ2v) is 6.27. The van der Waals surface area contributed by atoms with Gasteiger partial charge in [-0.1, -0.05) is 30.0 Å². The third kappa shape index (κ3) is 7.87. The number of carboxylic acids is 1. The van der Waals surface area contributed by atoms with Gasteiger partial charge in [-0.25, -0.2) is 4.79 Å². The second kappa shape index (κ2) is 10.5. The molecular formula is C16H22N2O5S. The topological polar surface area (TPSA) is 95.9 Å². The number of carbonyl (C=O) groups excluding carboxylic acids is 2. The van der Waals surface area contributed by atoms with E-state index in [2.05, 4.69) is 5.32 Å². The third-order valence-corrected chi connectivity index (χ3v) is 3.83. The molecule has 1 aromatic carbocycles. The smallest absolute Gasteiger partial charge is 0.325 e. The zero-order chi connectivity index (χ0) is 17.9. The fraction of sp³-hybridized carbons (Fsp3) is 0.438. The van der Waals surface area contributed by atoms with Crippen molar-refractivity contribution in [1.82, 2.24) is 10.2 Å². The number of carbonyl (C=O) groups is 3. The van der Waals surface area contributed by atoms with E-state index in [0.29, 0.717) is 18.0 Å². The first-order valence-corrected chi connectivity index (χ1v) is 8.48. The van der Waals surface area contributed by atoms with E-state index in [1.54, 1.807) is 0 Å². The molecule has 7 nitrogen and oxygen atoms in total. The van der Waals surface area contributed by atoms with Crippen LogP contribution in [-0.4, -0.2) is 58.6 Å². The van der Waals surface area contributed by atoms with E-state index >= 15 is 0 Å². The van der Waals surface area contributed by atoms with Gasteiger partial charge in [0.15, 0.2) is 5.12 Å². The normalized spacial score (nSPS) is 11.4. The highest BCUT2D eigenvalue weighted by Crippen LogP contribution is 2.08. The van der Waals surface area contributed by atoms with E-state index in [0.717, 1.165) is 11.8 Å². The predicted molar refractivity (Wildman–Crippen MR) is 92.3 cm³/mol. The lowest BCUT2D eigenvalue weighted by molar-refractivity contribution is -0.138. The van der Waals surface area contributed by atoms with Crippen molar-refractivity contribution in [3.63, 3.8) is 0 Å². The molecule has 0 aliphatic rings. The molecule has 0 heterocycles. The summed E-state index contributed by atoms with van der Waals surface area (Å²) < 4.78 is 5.55. The Morgan fingerprint density at radius 1 is 1.25 bits per heavy atom. The lowest BCUT2D eigenvalue weighted by Crippen LogP contribution is -2.48. The van der Waals surface area contributed by atoms with Gasteiger partial charge in [-0.05, 0) is 19.1 Å². The first-order valence-electron chi connectivity index (χ1n) is 7.49. The van der Waals surface area contributed by atoms with Gasteiger partial charge in [-0.15, -0.1) is 0 Å². The number of carboxylic acid groups (broad SMARTS) is 1. The summed E-state index contributed by atoms with van der Waals surface area (Å²) in [4.78, 5) is 35.5. The number of nitrogens with zero attached hydrogens (tertiary/aromatic N) is 1. The minimum atomic E-state index is -1.11. The van der Waals surface area contributed by atoms with Crippen molar-refractivity contribution in [1.29, 1.82) is 0 Å². The Morgan fingerprint density at radius 2 is 1.92 bits per heavy atom. The van der Waals surface area contributed by atoms with Gasteiger partial charge in [0.2, 0.25) is 0 Å². The molecule has 1 aromatic rings. The number of ether oxygens (including phenoxy) is 1. The van der Waals surface area contributed by atoms with Gasteiger partial charge in [0.25, 0.3) is 0 Å². The zero-order valence-corrected chi connectivity index (χ0v) is 14.5. The number of benzene rings is 1. The van der Waals surface area contributed by atoms with Crippen molar-refractivity contribution in [3.8, 4) is 5.75 Å². The van der Waals surface area contributed by atoms with Crippen LogP contribution in [-0.2, 0) is 9.59 Å². The van der Waals surface area contributed by atoms with Gasteiger partial charge in [0, 0.05) is 19.2 Å². The molecule has 0 unspecified atom stereocenters. The summed E-state index contributed by atoms with van der Waals surface area (Å²) in [5, 5.41) is 11.3. The van der Waals surface area contributed by atoms with Crippen molar-refractivity contribution in [2.75, 3.05) is 25.4 Å². The highest BCUT2D eigenvalue weighted by Gasteiger charge is 2.19. The predicted octanol–water partition coefficient (Wildman–Crippen LogP) is 1.83. The monoisotopic (exact) mass is 354 g/mol. The molecule has 0 saturated carbocycles. The summed E-state index contributed by atoms with van der Waals surface area (Å²) in [5.74, 6) is 0.0204. The van der Waals surface area contributed by atoms with Crippen LogP contribution in [0.4, 0.5) is 4.79 Å². The molecule has 1 rings (SSSR count). The second-order valence-electron chi connectivity index (χ2n) is 5.00. The van der Waals surface area contributed by atoms with E-state index < -0.39 is 18.0 Å². The van der Waals surface area contributed by atoms with Gasteiger partial charge in [-0.3, -0.25) is 9.59 Å².